The third-order valence-electron chi connectivity index (χ3n) is 5.20. The molecule has 1 aromatic carbocycles. The number of anilines is 1. The summed E-state index contributed by atoms with van der Waals surface area (Å²) in [6.45, 7) is 6.95. The van der Waals surface area contributed by atoms with Crippen LogP contribution in [0.3, 0.4) is 0 Å². The van der Waals surface area contributed by atoms with Gasteiger partial charge in [-0.15, -0.1) is 0 Å². The maximum Gasteiger partial charge on any atom is 0.159 e. The molecule has 124 valence electrons. The second-order valence-electron chi connectivity index (χ2n) is 6.30. The number of para-hydroxylation sites is 1. The Bertz CT molecular complexity index is 829. The van der Waals surface area contributed by atoms with Gasteiger partial charge in [0.25, 0.3) is 0 Å². The quantitative estimate of drug-likeness (QED) is 0.864. The Hall–Kier alpha value is -1.69. The minimum Gasteiger partial charge on any atom is -0.353 e. The van der Waals surface area contributed by atoms with E-state index in [0.29, 0.717) is 25.9 Å². The largest absolute Gasteiger partial charge is 0.353 e. The molecule has 0 saturated carbocycles. The normalized spacial score (nSPS) is 19.9. The molecular weight excluding hydrogens is 310 g/mol. The third kappa shape index (κ3) is 2.49. The van der Waals surface area contributed by atoms with Crippen molar-refractivity contribution >= 4 is 26.6 Å². The van der Waals surface area contributed by atoms with Gasteiger partial charge in [-0.25, -0.2) is 18.4 Å². The molecule has 0 amide bonds. The van der Waals surface area contributed by atoms with Crippen molar-refractivity contribution in [1.29, 1.82) is 0 Å². The molecule has 0 radical (unpaired) electrons. The molecule has 0 N–H and O–H groups in total. The highest BCUT2D eigenvalue weighted by Crippen LogP contribution is 2.35. The zero-order valence-electron chi connectivity index (χ0n) is 13.9. The number of benzene rings is 1. The average molecular weight is 333 g/mol. The summed E-state index contributed by atoms with van der Waals surface area (Å²) in [5, 5.41) is 0.993. The first-order valence-corrected chi connectivity index (χ1v) is 9.77. The summed E-state index contributed by atoms with van der Waals surface area (Å²) in [7, 11) is -3.07. The molecule has 0 bridgehead atoms. The van der Waals surface area contributed by atoms with E-state index in [0.717, 1.165) is 22.3 Å². The van der Waals surface area contributed by atoms with Crippen LogP contribution in [0.4, 0.5) is 5.82 Å². The van der Waals surface area contributed by atoms with Gasteiger partial charge in [-0.1, -0.05) is 26.0 Å². The lowest BCUT2D eigenvalue weighted by Crippen LogP contribution is -2.56. The fourth-order valence-electron chi connectivity index (χ4n) is 3.54. The predicted molar refractivity (Wildman–Crippen MR) is 93.6 cm³/mol. The Morgan fingerprint density at radius 3 is 2.65 bits per heavy atom. The lowest BCUT2D eigenvalue weighted by molar-refractivity contribution is 0.458. The molecule has 1 fully saturated rings. The molecule has 3 rings (SSSR count). The summed E-state index contributed by atoms with van der Waals surface area (Å²) in [6.07, 6.45) is 2.84. The van der Waals surface area contributed by atoms with E-state index in [4.69, 9.17) is 0 Å². The monoisotopic (exact) mass is 333 g/mol. The van der Waals surface area contributed by atoms with Gasteiger partial charge in [0.2, 0.25) is 0 Å². The average Bonchev–Trinajstić information content (AvgIpc) is 2.55. The smallest absolute Gasteiger partial charge is 0.159 e. The summed E-state index contributed by atoms with van der Waals surface area (Å²) in [6, 6.07) is 6.04. The highest BCUT2D eigenvalue weighted by atomic mass is 32.2. The van der Waals surface area contributed by atoms with Crippen LogP contribution in [0.5, 0.6) is 0 Å². The Morgan fingerprint density at radius 2 is 1.96 bits per heavy atom. The van der Waals surface area contributed by atoms with Crippen LogP contribution in [-0.2, 0) is 9.84 Å². The van der Waals surface area contributed by atoms with Crippen LogP contribution in [0.1, 0.15) is 32.3 Å². The number of rotatable bonds is 3. The van der Waals surface area contributed by atoms with Crippen molar-refractivity contribution in [2.75, 3.05) is 23.7 Å². The molecule has 6 heteroatoms. The fraction of sp³-hybridized carbons (Fsp3) is 0.529. The first-order valence-electron chi connectivity index (χ1n) is 8.11. The minimum atomic E-state index is -3.07. The number of hydrogen-bond donors (Lipinski definition) is 0. The van der Waals surface area contributed by atoms with Crippen LogP contribution >= 0.6 is 0 Å². The molecule has 1 aromatic heterocycles. The van der Waals surface area contributed by atoms with Crippen molar-refractivity contribution in [3.8, 4) is 0 Å². The van der Waals surface area contributed by atoms with E-state index in [2.05, 4.69) is 14.9 Å². The van der Waals surface area contributed by atoms with Gasteiger partial charge >= 0.3 is 0 Å². The van der Waals surface area contributed by atoms with Gasteiger partial charge in [-0.3, -0.25) is 0 Å². The second-order valence-corrected chi connectivity index (χ2v) is 8.80. The Labute approximate surface area is 137 Å². The number of hydrogen-bond acceptors (Lipinski definition) is 5. The van der Waals surface area contributed by atoms with Crippen molar-refractivity contribution < 1.29 is 8.42 Å². The number of aryl methyl sites for hydroxylation is 1. The zero-order valence-corrected chi connectivity index (χ0v) is 14.7. The van der Waals surface area contributed by atoms with Crippen LogP contribution in [0.15, 0.2) is 24.5 Å². The van der Waals surface area contributed by atoms with Crippen molar-refractivity contribution in [3.05, 3.63) is 30.1 Å². The van der Waals surface area contributed by atoms with E-state index < -0.39 is 14.6 Å². The summed E-state index contributed by atoms with van der Waals surface area (Å²) < 4.78 is 24.5. The molecule has 1 aliphatic heterocycles. The van der Waals surface area contributed by atoms with E-state index in [1.165, 1.54) is 0 Å². The number of sulfone groups is 1. The predicted octanol–water partition coefficient (Wildman–Crippen LogP) is 2.73. The molecule has 0 aliphatic carbocycles. The van der Waals surface area contributed by atoms with Gasteiger partial charge in [-0.05, 0) is 31.4 Å². The standard InChI is InChI=1S/C17H23N3O2S/c1-4-17(5-2)11-20(9-10-23(17,21)22)16-14-8-6-7-13(3)15(14)18-12-19-16/h6-8,12H,4-5,9-11H2,1-3H3. The molecule has 23 heavy (non-hydrogen) atoms. The van der Waals surface area contributed by atoms with E-state index in [1.807, 2.05) is 39.0 Å². The highest BCUT2D eigenvalue weighted by molar-refractivity contribution is 7.92. The van der Waals surface area contributed by atoms with Crippen molar-refractivity contribution in [2.45, 2.75) is 38.4 Å². The maximum absolute atomic E-state index is 12.6. The summed E-state index contributed by atoms with van der Waals surface area (Å²) in [5.41, 5.74) is 2.04. The highest BCUT2D eigenvalue weighted by Gasteiger charge is 2.45. The molecule has 0 spiro atoms. The fourth-order valence-corrected chi connectivity index (χ4v) is 5.67. The number of aromatic nitrogens is 2. The van der Waals surface area contributed by atoms with Gasteiger partial charge in [0.15, 0.2) is 9.84 Å². The summed E-state index contributed by atoms with van der Waals surface area (Å²) in [5.74, 6) is 1.03. The molecule has 5 nitrogen and oxygen atoms in total. The Balaban J connectivity index is 2.09. The lowest BCUT2D eigenvalue weighted by atomic mass is 10.0. The molecule has 2 aromatic rings. The van der Waals surface area contributed by atoms with Crippen molar-refractivity contribution in [2.24, 2.45) is 0 Å². The lowest BCUT2D eigenvalue weighted by Gasteiger charge is -2.42. The topological polar surface area (TPSA) is 63.2 Å². The molecule has 1 saturated heterocycles. The van der Waals surface area contributed by atoms with Crippen LogP contribution in [0.2, 0.25) is 0 Å². The van der Waals surface area contributed by atoms with Crippen LogP contribution in [0.25, 0.3) is 10.9 Å². The van der Waals surface area contributed by atoms with Gasteiger partial charge < -0.3 is 4.90 Å². The Morgan fingerprint density at radius 1 is 1.22 bits per heavy atom. The number of fused-ring (bicyclic) bond motifs is 1. The molecular formula is C17H23N3O2S. The first-order chi connectivity index (χ1) is 10.9. The van der Waals surface area contributed by atoms with Gasteiger partial charge in [0.1, 0.15) is 12.1 Å². The maximum atomic E-state index is 12.6. The minimum absolute atomic E-state index is 0.186. The number of nitrogens with zero attached hydrogens (tertiary/aromatic N) is 3. The van der Waals surface area contributed by atoms with E-state index in [1.54, 1.807) is 6.33 Å². The summed E-state index contributed by atoms with van der Waals surface area (Å²) in [4.78, 5) is 11.0. The van der Waals surface area contributed by atoms with Crippen molar-refractivity contribution in [3.63, 3.8) is 0 Å². The van der Waals surface area contributed by atoms with Crippen LogP contribution < -0.4 is 4.90 Å². The van der Waals surface area contributed by atoms with Gasteiger partial charge in [0.05, 0.1) is 16.0 Å². The van der Waals surface area contributed by atoms with E-state index in [-0.39, 0.29) is 5.75 Å². The SMILES string of the molecule is CCC1(CC)CN(c2ncnc3c(C)cccc23)CCS1(=O)=O. The van der Waals surface area contributed by atoms with Gasteiger partial charge in [-0.2, -0.15) is 0 Å². The molecule has 1 aliphatic rings. The van der Waals surface area contributed by atoms with Gasteiger partial charge in [0, 0.05) is 18.5 Å². The zero-order chi connectivity index (χ0) is 16.7. The first kappa shape index (κ1) is 16.2. The molecule has 0 unspecified atom stereocenters. The van der Waals surface area contributed by atoms with E-state index in [9.17, 15) is 8.42 Å². The van der Waals surface area contributed by atoms with E-state index >= 15 is 0 Å². The third-order valence-corrected chi connectivity index (χ3v) is 7.95. The molecule has 2 heterocycles. The summed E-state index contributed by atoms with van der Waals surface area (Å²) >= 11 is 0. The second kappa shape index (κ2) is 5.74. The van der Waals surface area contributed by atoms with Crippen LogP contribution in [-0.4, -0.2) is 42.0 Å². The van der Waals surface area contributed by atoms with Crippen LogP contribution in [0, 0.1) is 6.92 Å². The Kier molecular flexibility index (Phi) is 4.04. The van der Waals surface area contributed by atoms with Crippen molar-refractivity contribution in [1.82, 2.24) is 9.97 Å². The molecule has 0 atom stereocenters.